The molecule has 0 aliphatic rings. The number of hydroxylamine groups is 1. The van der Waals surface area contributed by atoms with Gasteiger partial charge in [0.05, 0.1) is 29.9 Å². The number of hydrogen-bond acceptors (Lipinski definition) is 4. The summed E-state index contributed by atoms with van der Waals surface area (Å²) in [7, 11) is 3.13. The average Bonchev–Trinajstić information content (AvgIpc) is 2.86. The van der Waals surface area contributed by atoms with Crippen molar-refractivity contribution in [3.05, 3.63) is 44.6 Å². The van der Waals surface area contributed by atoms with Gasteiger partial charge in [-0.05, 0) is 55.6 Å². The Balaban J connectivity index is 1.92. The van der Waals surface area contributed by atoms with Gasteiger partial charge in [-0.1, -0.05) is 6.07 Å². The average molecular weight is 434 g/mol. The SMILES string of the molecule is COc1ccc(CONC(=O)c2cc(Br)c(Br)[nH]2)cc1OC. The Morgan fingerprint density at radius 2 is 1.91 bits per heavy atom. The van der Waals surface area contributed by atoms with E-state index in [1.54, 1.807) is 32.4 Å². The summed E-state index contributed by atoms with van der Waals surface area (Å²) in [5, 5.41) is 0. The highest BCUT2D eigenvalue weighted by Crippen LogP contribution is 2.27. The number of aromatic amines is 1. The van der Waals surface area contributed by atoms with Crippen LogP contribution in [-0.2, 0) is 11.4 Å². The molecule has 0 bridgehead atoms. The standard InChI is InChI=1S/C14H14Br2N2O4/c1-20-11-4-3-8(5-12(11)21-2)7-22-18-14(19)10-6-9(15)13(16)17-10/h3-6,17H,7H2,1-2H3,(H,18,19). The van der Waals surface area contributed by atoms with E-state index in [2.05, 4.69) is 42.3 Å². The highest BCUT2D eigenvalue weighted by Gasteiger charge is 2.11. The fourth-order valence-electron chi connectivity index (χ4n) is 1.74. The zero-order valence-corrected chi connectivity index (χ0v) is 15.1. The Labute approximate surface area is 144 Å². The normalized spacial score (nSPS) is 10.4. The van der Waals surface area contributed by atoms with E-state index in [0.717, 1.165) is 10.0 Å². The van der Waals surface area contributed by atoms with Gasteiger partial charge in [-0.2, -0.15) is 0 Å². The number of rotatable bonds is 6. The van der Waals surface area contributed by atoms with Gasteiger partial charge in [-0.3, -0.25) is 9.63 Å². The molecule has 0 atom stereocenters. The molecule has 118 valence electrons. The second-order valence-corrected chi connectivity index (χ2v) is 5.90. The van der Waals surface area contributed by atoms with Gasteiger partial charge in [0.1, 0.15) is 5.69 Å². The summed E-state index contributed by atoms with van der Waals surface area (Å²) in [5.74, 6) is 0.871. The number of ether oxygens (including phenoxy) is 2. The lowest BCUT2D eigenvalue weighted by Crippen LogP contribution is -2.23. The fraction of sp³-hybridized carbons (Fsp3) is 0.214. The Hall–Kier alpha value is -1.51. The van der Waals surface area contributed by atoms with Crippen molar-refractivity contribution in [3.63, 3.8) is 0 Å². The van der Waals surface area contributed by atoms with E-state index in [-0.39, 0.29) is 12.5 Å². The van der Waals surface area contributed by atoms with Crippen molar-refractivity contribution in [1.82, 2.24) is 10.5 Å². The molecular formula is C14H14Br2N2O4. The van der Waals surface area contributed by atoms with Crippen LogP contribution in [0.3, 0.4) is 0 Å². The number of halogens is 2. The molecule has 1 heterocycles. The van der Waals surface area contributed by atoms with E-state index in [9.17, 15) is 4.79 Å². The quantitative estimate of drug-likeness (QED) is 0.684. The molecule has 0 fully saturated rings. The third kappa shape index (κ3) is 4.02. The van der Waals surface area contributed by atoms with Crippen molar-refractivity contribution in [2.45, 2.75) is 6.61 Å². The lowest BCUT2D eigenvalue weighted by atomic mass is 10.2. The molecule has 0 unspecified atom stereocenters. The first-order chi connectivity index (χ1) is 10.5. The van der Waals surface area contributed by atoms with Crippen LogP contribution >= 0.6 is 31.9 Å². The van der Waals surface area contributed by atoms with E-state index in [1.165, 1.54) is 0 Å². The molecule has 1 aromatic carbocycles. The van der Waals surface area contributed by atoms with Crippen LogP contribution in [0.5, 0.6) is 11.5 Å². The third-order valence-corrected chi connectivity index (χ3v) is 4.60. The summed E-state index contributed by atoms with van der Waals surface area (Å²) in [6, 6.07) is 7.04. The van der Waals surface area contributed by atoms with Gasteiger partial charge in [0.15, 0.2) is 11.5 Å². The van der Waals surface area contributed by atoms with Crippen LogP contribution in [0.2, 0.25) is 0 Å². The molecule has 0 aliphatic heterocycles. The summed E-state index contributed by atoms with van der Waals surface area (Å²) < 4.78 is 11.8. The smallest absolute Gasteiger partial charge is 0.291 e. The van der Waals surface area contributed by atoms with Crippen molar-refractivity contribution in [1.29, 1.82) is 0 Å². The molecule has 0 aliphatic carbocycles. The number of hydrogen-bond donors (Lipinski definition) is 2. The maximum Gasteiger partial charge on any atom is 0.291 e. The van der Waals surface area contributed by atoms with Crippen LogP contribution in [0, 0.1) is 0 Å². The topological polar surface area (TPSA) is 72.6 Å². The van der Waals surface area contributed by atoms with Gasteiger partial charge >= 0.3 is 0 Å². The van der Waals surface area contributed by atoms with Gasteiger partial charge in [0, 0.05) is 0 Å². The molecule has 2 N–H and O–H groups in total. The molecule has 0 saturated carbocycles. The number of aromatic nitrogens is 1. The zero-order chi connectivity index (χ0) is 16.1. The first-order valence-corrected chi connectivity index (χ1v) is 7.80. The maximum atomic E-state index is 11.9. The van der Waals surface area contributed by atoms with E-state index in [0.29, 0.717) is 21.8 Å². The van der Waals surface area contributed by atoms with Crippen molar-refractivity contribution >= 4 is 37.8 Å². The predicted octanol–water partition coefficient (Wildman–Crippen LogP) is 3.42. The van der Waals surface area contributed by atoms with Crippen LogP contribution in [0.1, 0.15) is 16.1 Å². The molecular weight excluding hydrogens is 420 g/mol. The summed E-state index contributed by atoms with van der Waals surface area (Å²) in [4.78, 5) is 19.9. The van der Waals surface area contributed by atoms with E-state index < -0.39 is 0 Å². The van der Waals surface area contributed by atoms with Gasteiger partial charge in [-0.25, -0.2) is 5.48 Å². The number of carbonyl (C=O) groups is 1. The van der Waals surface area contributed by atoms with Crippen molar-refractivity contribution in [3.8, 4) is 11.5 Å². The van der Waals surface area contributed by atoms with Crippen LogP contribution in [-0.4, -0.2) is 25.1 Å². The first-order valence-electron chi connectivity index (χ1n) is 6.22. The number of H-pyrrole nitrogens is 1. The number of benzene rings is 1. The van der Waals surface area contributed by atoms with Gasteiger partial charge < -0.3 is 14.5 Å². The molecule has 0 radical (unpaired) electrons. The molecule has 1 amide bonds. The van der Waals surface area contributed by atoms with Crippen LogP contribution in [0.15, 0.2) is 33.3 Å². The maximum absolute atomic E-state index is 11.9. The molecule has 2 rings (SSSR count). The minimum absolute atomic E-state index is 0.204. The molecule has 22 heavy (non-hydrogen) atoms. The Morgan fingerprint density at radius 3 is 2.50 bits per heavy atom. The second-order valence-electron chi connectivity index (χ2n) is 4.25. The predicted molar refractivity (Wildman–Crippen MR) is 88.0 cm³/mol. The van der Waals surface area contributed by atoms with E-state index >= 15 is 0 Å². The minimum Gasteiger partial charge on any atom is -0.493 e. The van der Waals surface area contributed by atoms with Crippen molar-refractivity contribution in [2.24, 2.45) is 0 Å². The summed E-state index contributed by atoms with van der Waals surface area (Å²) in [5.41, 5.74) is 3.59. The Kier molecular flexibility index (Phi) is 5.87. The molecule has 6 nitrogen and oxygen atoms in total. The van der Waals surface area contributed by atoms with E-state index in [1.807, 2.05) is 6.07 Å². The lowest BCUT2D eigenvalue weighted by molar-refractivity contribution is 0.0229. The monoisotopic (exact) mass is 432 g/mol. The highest BCUT2D eigenvalue weighted by molar-refractivity contribution is 9.13. The molecule has 0 saturated heterocycles. The third-order valence-electron chi connectivity index (χ3n) is 2.82. The van der Waals surface area contributed by atoms with Crippen molar-refractivity contribution in [2.75, 3.05) is 14.2 Å². The van der Waals surface area contributed by atoms with Gasteiger partial charge in [0.25, 0.3) is 5.91 Å². The fourth-order valence-corrected chi connectivity index (χ4v) is 2.39. The Bertz CT molecular complexity index is 653. The molecule has 8 heteroatoms. The Morgan fingerprint density at radius 1 is 1.18 bits per heavy atom. The largest absolute Gasteiger partial charge is 0.493 e. The summed E-state index contributed by atoms with van der Waals surface area (Å²) in [6.45, 7) is 0.204. The summed E-state index contributed by atoms with van der Waals surface area (Å²) >= 11 is 6.56. The van der Waals surface area contributed by atoms with Crippen LogP contribution < -0.4 is 15.0 Å². The minimum atomic E-state index is -0.369. The lowest BCUT2D eigenvalue weighted by Gasteiger charge is -2.10. The van der Waals surface area contributed by atoms with Crippen molar-refractivity contribution < 1.29 is 19.1 Å². The second kappa shape index (κ2) is 7.66. The first kappa shape index (κ1) is 16.9. The molecule has 1 aromatic heterocycles. The summed E-state index contributed by atoms with van der Waals surface area (Å²) in [6.07, 6.45) is 0. The number of amides is 1. The van der Waals surface area contributed by atoms with Gasteiger partial charge in [0.2, 0.25) is 0 Å². The highest BCUT2D eigenvalue weighted by atomic mass is 79.9. The number of nitrogens with one attached hydrogen (secondary N) is 2. The van der Waals surface area contributed by atoms with Gasteiger partial charge in [-0.15, -0.1) is 0 Å². The number of methoxy groups -OCH3 is 2. The van der Waals surface area contributed by atoms with Crippen LogP contribution in [0.25, 0.3) is 0 Å². The van der Waals surface area contributed by atoms with E-state index in [4.69, 9.17) is 14.3 Å². The van der Waals surface area contributed by atoms with Crippen LogP contribution in [0.4, 0.5) is 0 Å². The zero-order valence-electron chi connectivity index (χ0n) is 11.9. The number of carbonyl (C=O) groups excluding carboxylic acids is 1. The molecule has 0 spiro atoms. The molecule has 2 aromatic rings.